The average molecular weight is 388 g/mol. The van der Waals surface area contributed by atoms with Crippen molar-refractivity contribution in [3.63, 3.8) is 0 Å². The minimum Gasteiger partial charge on any atom is -0.271 e. The van der Waals surface area contributed by atoms with E-state index >= 15 is 0 Å². The molecule has 0 fully saturated rings. The zero-order valence-electron chi connectivity index (χ0n) is 9.65. The van der Waals surface area contributed by atoms with Crippen molar-refractivity contribution in [2.45, 2.75) is 25.8 Å². The topological polar surface area (TPSA) is 72.2 Å². The number of hydrogen-bond donors (Lipinski definition) is 2. The highest BCUT2D eigenvalue weighted by molar-refractivity contribution is 14.1. The van der Waals surface area contributed by atoms with Gasteiger partial charge in [0.2, 0.25) is 0 Å². The second-order valence-electron chi connectivity index (χ2n) is 3.78. The van der Waals surface area contributed by atoms with Crippen LogP contribution >= 0.6 is 33.9 Å². The van der Waals surface area contributed by atoms with Crippen molar-refractivity contribution in [2.75, 3.05) is 11.5 Å². The molecule has 1 aromatic heterocycles. The summed E-state index contributed by atoms with van der Waals surface area (Å²) in [5, 5.41) is 2.06. The maximum absolute atomic E-state index is 11.4. The van der Waals surface area contributed by atoms with Crippen LogP contribution in [-0.2, 0) is 9.84 Å². The maximum Gasteiger partial charge on any atom is 0.150 e. The molecule has 1 aromatic rings. The first-order chi connectivity index (χ1) is 7.98. The highest BCUT2D eigenvalue weighted by atomic mass is 127. The fraction of sp³-hybridized carbons (Fsp3) is 0.600. The van der Waals surface area contributed by atoms with Gasteiger partial charge in [-0.2, -0.15) is 0 Å². The van der Waals surface area contributed by atoms with E-state index in [-0.39, 0.29) is 17.5 Å². The summed E-state index contributed by atoms with van der Waals surface area (Å²) in [6.07, 6.45) is 1.38. The van der Waals surface area contributed by atoms with E-state index < -0.39 is 9.84 Å². The molecule has 0 spiro atoms. The summed E-state index contributed by atoms with van der Waals surface area (Å²) in [5.41, 5.74) is 3.88. The Kier molecular flexibility index (Phi) is 6.35. The van der Waals surface area contributed by atoms with E-state index in [1.54, 1.807) is 18.3 Å². The summed E-state index contributed by atoms with van der Waals surface area (Å²) in [5.74, 6) is 5.95. The van der Waals surface area contributed by atoms with Crippen LogP contribution in [0.4, 0.5) is 0 Å². The van der Waals surface area contributed by atoms with Crippen LogP contribution in [0.2, 0.25) is 0 Å². The SMILES string of the molecule is CCS(=O)(=O)CCCC(NN)c1csc(I)c1. The summed E-state index contributed by atoms with van der Waals surface area (Å²) in [7, 11) is -2.87. The number of nitrogens with two attached hydrogens (primary N) is 1. The first-order valence-electron chi connectivity index (χ1n) is 5.39. The van der Waals surface area contributed by atoms with Gasteiger partial charge in [-0.3, -0.25) is 11.3 Å². The van der Waals surface area contributed by atoms with Crippen molar-refractivity contribution in [1.82, 2.24) is 5.43 Å². The third-order valence-corrected chi connectivity index (χ3v) is 6.18. The van der Waals surface area contributed by atoms with Gasteiger partial charge in [0, 0.05) is 11.8 Å². The lowest BCUT2D eigenvalue weighted by atomic mass is 10.1. The third kappa shape index (κ3) is 5.21. The number of halogens is 1. The second-order valence-corrected chi connectivity index (χ2v) is 9.06. The molecule has 0 amide bonds. The van der Waals surface area contributed by atoms with Gasteiger partial charge in [0.05, 0.1) is 8.64 Å². The molecule has 4 nitrogen and oxygen atoms in total. The predicted octanol–water partition coefficient (Wildman–Crippen LogP) is 2.07. The number of hydrogen-bond acceptors (Lipinski definition) is 5. The predicted molar refractivity (Wildman–Crippen MR) is 80.7 cm³/mol. The van der Waals surface area contributed by atoms with Crippen LogP contribution in [0.25, 0.3) is 0 Å². The normalized spacial score (nSPS) is 13.8. The van der Waals surface area contributed by atoms with Gasteiger partial charge in [0.25, 0.3) is 0 Å². The van der Waals surface area contributed by atoms with E-state index in [0.717, 1.165) is 12.0 Å². The van der Waals surface area contributed by atoms with E-state index in [4.69, 9.17) is 5.84 Å². The van der Waals surface area contributed by atoms with Crippen LogP contribution in [0, 0.1) is 2.88 Å². The fourth-order valence-electron chi connectivity index (χ4n) is 1.50. The molecule has 1 unspecified atom stereocenters. The molecule has 1 heterocycles. The van der Waals surface area contributed by atoms with Crippen molar-refractivity contribution in [3.05, 3.63) is 19.9 Å². The lowest BCUT2D eigenvalue weighted by Gasteiger charge is -2.14. The van der Waals surface area contributed by atoms with E-state index in [1.807, 2.05) is 0 Å². The van der Waals surface area contributed by atoms with Crippen LogP contribution in [0.5, 0.6) is 0 Å². The van der Waals surface area contributed by atoms with E-state index in [9.17, 15) is 8.42 Å². The smallest absolute Gasteiger partial charge is 0.150 e. The lowest BCUT2D eigenvalue weighted by molar-refractivity contribution is 0.508. The molecule has 1 rings (SSSR count). The van der Waals surface area contributed by atoms with Gasteiger partial charge < -0.3 is 0 Å². The van der Waals surface area contributed by atoms with Gasteiger partial charge in [-0.25, -0.2) is 8.42 Å². The fourth-order valence-corrected chi connectivity index (χ4v) is 3.83. The third-order valence-electron chi connectivity index (χ3n) is 2.58. The molecule has 0 saturated carbocycles. The Bertz CT molecular complexity index is 445. The van der Waals surface area contributed by atoms with Crippen molar-refractivity contribution in [3.8, 4) is 0 Å². The molecule has 0 radical (unpaired) electrons. The molecule has 1 atom stereocenters. The maximum atomic E-state index is 11.4. The number of sulfone groups is 1. The Morgan fingerprint density at radius 3 is 2.76 bits per heavy atom. The molecule has 0 aliphatic rings. The molecular formula is C10H17IN2O2S2. The molecule has 3 N–H and O–H groups in total. The summed E-state index contributed by atoms with van der Waals surface area (Å²) in [4.78, 5) is 0. The zero-order valence-corrected chi connectivity index (χ0v) is 13.4. The van der Waals surface area contributed by atoms with Crippen LogP contribution in [0.3, 0.4) is 0 Å². The Balaban J connectivity index is 2.49. The Labute approximate surface area is 120 Å². The van der Waals surface area contributed by atoms with Crippen LogP contribution in [-0.4, -0.2) is 19.9 Å². The highest BCUT2D eigenvalue weighted by Gasteiger charge is 2.13. The zero-order chi connectivity index (χ0) is 12.9. The summed E-state index contributed by atoms with van der Waals surface area (Å²) < 4.78 is 23.9. The molecule has 98 valence electrons. The first kappa shape index (κ1) is 15.4. The van der Waals surface area contributed by atoms with E-state index in [1.165, 1.54) is 2.88 Å². The Morgan fingerprint density at radius 1 is 1.59 bits per heavy atom. The second kappa shape index (κ2) is 7.03. The number of hydrazine groups is 1. The van der Waals surface area contributed by atoms with Crippen molar-refractivity contribution in [2.24, 2.45) is 5.84 Å². The van der Waals surface area contributed by atoms with Gasteiger partial charge in [-0.05, 0) is 52.4 Å². The highest BCUT2D eigenvalue weighted by Crippen LogP contribution is 2.24. The average Bonchev–Trinajstić information content (AvgIpc) is 2.71. The summed E-state index contributed by atoms with van der Waals surface area (Å²) in [6.45, 7) is 1.68. The van der Waals surface area contributed by atoms with Crippen LogP contribution < -0.4 is 11.3 Å². The quantitative estimate of drug-likeness (QED) is 0.426. The lowest BCUT2D eigenvalue weighted by Crippen LogP contribution is -2.28. The van der Waals surface area contributed by atoms with Crippen LogP contribution in [0.1, 0.15) is 31.4 Å². The largest absolute Gasteiger partial charge is 0.271 e. The van der Waals surface area contributed by atoms with Crippen molar-refractivity contribution in [1.29, 1.82) is 0 Å². The number of rotatable bonds is 7. The van der Waals surface area contributed by atoms with Gasteiger partial charge in [0.1, 0.15) is 9.84 Å². The van der Waals surface area contributed by atoms with Gasteiger partial charge >= 0.3 is 0 Å². The Hall–Kier alpha value is 0.300. The molecule has 0 bridgehead atoms. The Morgan fingerprint density at radius 2 is 2.29 bits per heavy atom. The molecule has 0 aliphatic carbocycles. The van der Waals surface area contributed by atoms with Gasteiger partial charge in [-0.15, -0.1) is 11.3 Å². The minimum atomic E-state index is -2.87. The molecule has 0 aliphatic heterocycles. The molecule has 0 aromatic carbocycles. The summed E-state index contributed by atoms with van der Waals surface area (Å²) in [6, 6.07) is 2.12. The molecular weight excluding hydrogens is 371 g/mol. The minimum absolute atomic E-state index is 0.0434. The number of thiophene rings is 1. The van der Waals surface area contributed by atoms with Gasteiger partial charge in [-0.1, -0.05) is 6.92 Å². The van der Waals surface area contributed by atoms with E-state index in [2.05, 4.69) is 39.5 Å². The van der Waals surface area contributed by atoms with Crippen molar-refractivity contribution >= 4 is 43.8 Å². The molecule has 0 saturated heterocycles. The monoisotopic (exact) mass is 388 g/mol. The van der Waals surface area contributed by atoms with E-state index in [0.29, 0.717) is 6.42 Å². The van der Waals surface area contributed by atoms with Crippen molar-refractivity contribution < 1.29 is 8.42 Å². The first-order valence-corrected chi connectivity index (χ1v) is 9.17. The summed E-state index contributed by atoms with van der Waals surface area (Å²) >= 11 is 3.93. The molecule has 17 heavy (non-hydrogen) atoms. The van der Waals surface area contributed by atoms with Crippen LogP contribution in [0.15, 0.2) is 11.4 Å². The standard InChI is InChI=1S/C10H17IN2O2S2/c1-2-17(14,15)5-3-4-9(13-12)8-6-10(11)16-7-8/h6-7,9,13H,2-5,12H2,1H3. The van der Waals surface area contributed by atoms with Gasteiger partial charge in [0.15, 0.2) is 0 Å². The number of nitrogens with one attached hydrogen (secondary N) is 1. The molecule has 7 heteroatoms.